The third-order valence-corrected chi connectivity index (χ3v) is 9.29. The zero-order chi connectivity index (χ0) is 31.1. The van der Waals surface area contributed by atoms with Crippen molar-refractivity contribution in [2.45, 2.75) is 49.1 Å². The van der Waals surface area contributed by atoms with Gasteiger partial charge in [0.2, 0.25) is 5.89 Å². The van der Waals surface area contributed by atoms with E-state index in [-0.39, 0.29) is 34.3 Å². The van der Waals surface area contributed by atoms with Crippen molar-refractivity contribution in [3.63, 3.8) is 0 Å². The highest BCUT2D eigenvalue weighted by molar-refractivity contribution is 7.93. The molecule has 15 heteroatoms. The van der Waals surface area contributed by atoms with Crippen molar-refractivity contribution in [2.24, 2.45) is 0 Å². The largest absolute Gasteiger partial charge is 0.495 e. The number of anilines is 3. The van der Waals surface area contributed by atoms with Crippen molar-refractivity contribution in [1.82, 2.24) is 19.9 Å². The lowest BCUT2D eigenvalue weighted by Gasteiger charge is -2.24. The third-order valence-electron chi connectivity index (χ3n) is 7.88. The zero-order valence-electron chi connectivity index (χ0n) is 24.9. The predicted octanol–water partition coefficient (Wildman–Crippen LogP) is 5.83. The Morgan fingerprint density at radius 3 is 2.38 bits per heavy atom. The predicted molar refractivity (Wildman–Crippen MR) is 163 cm³/mol. The number of nitrogens with one attached hydrogen (secondary N) is 2. The maximum atomic E-state index is 13.7. The number of oxazole rings is 1. The van der Waals surface area contributed by atoms with Gasteiger partial charge in [0, 0.05) is 35.9 Å². The van der Waals surface area contributed by atoms with Gasteiger partial charge in [-0.05, 0) is 50.3 Å². The molecular formula is C30H32N6O8S. The first-order chi connectivity index (χ1) is 21.9. The fourth-order valence-electron chi connectivity index (χ4n) is 5.56. The molecule has 7 rings (SSSR count). The number of nitrogens with zero attached hydrogens (tertiary/aromatic N) is 4. The number of hydrogen-bond acceptors (Lipinski definition) is 12. The Bertz CT molecular complexity index is 1920. The topological polar surface area (TPSA) is 165 Å². The van der Waals surface area contributed by atoms with Crippen LogP contribution in [0.3, 0.4) is 0 Å². The van der Waals surface area contributed by atoms with Crippen molar-refractivity contribution >= 4 is 38.3 Å². The lowest BCUT2D eigenvalue weighted by molar-refractivity contribution is -0.0409. The summed E-state index contributed by atoms with van der Waals surface area (Å²) in [5.41, 5.74) is 2.54. The molecule has 1 aliphatic heterocycles. The standard InChI is InChI=1S/C30H32N6O8S/c1-39-23-14-19-22(15-20(23)32-26-16-21(17-7-8-17)36(33-26)27-6-4-5-10-42-27)44-34-29(19)35-45(37,38)28-24(40-2)12-18(13-25(28)41-3)30-31-9-11-43-30/h9,11-17,27H,4-8,10H2,1-3H3,(H,32,33)(H,34,35). The molecule has 0 radical (unpaired) electrons. The summed E-state index contributed by atoms with van der Waals surface area (Å²) in [6, 6.07) is 8.39. The number of methoxy groups -OCH3 is 3. The SMILES string of the molecule is COc1cc2c(NS(=O)(=O)c3c(OC)cc(-c4ncco4)cc3OC)noc2cc1Nc1cc(C2CC2)n(C2CCCCO2)n1. The lowest BCUT2D eigenvalue weighted by Crippen LogP contribution is -2.20. The smallest absolute Gasteiger partial charge is 0.270 e. The minimum Gasteiger partial charge on any atom is -0.495 e. The van der Waals surface area contributed by atoms with E-state index in [2.05, 4.69) is 20.2 Å². The summed E-state index contributed by atoms with van der Waals surface area (Å²) in [6.07, 6.45) is 8.17. The highest BCUT2D eigenvalue weighted by atomic mass is 32.2. The Morgan fingerprint density at radius 1 is 0.956 bits per heavy atom. The fraction of sp³-hybridized carbons (Fsp3) is 0.367. The first kappa shape index (κ1) is 29.0. The molecule has 236 valence electrons. The van der Waals surface area contributed by atoms with E-state index in [1.807, 2.05) is 10.7 Å². The number of rotatable bonds is 11. The van der Waals surface area contributed by atoms with Crippen molar-refractivity contribution in [3.8, 4) is 28.7 Å². The maximum absolute atomic E-state index is 13.7. The fourth-order valence-corrected chi connectivity index (χ4v) is 6.87. The normalized spacial score (nSPS) is 16.9. The lowest BCUT2D eigenvalue weighted by atomic mass is 10.2. The van der Waals surface area contributed by atoms with E-state index >= 15 is 0 Å². The van der Waals surface area contributed by atoms with Crippen LogP contribution < -0.4 is 24.2 Å². The molecule has 1 atom stereocenters. The van der Waals surface area contributed by atoms with E-state index in [1.165, 1.54) is 45.9 Å². The van der Waals surface area contributed by atoms with Crippen LogP contribution in [-0.2, 0) is 14.8 Å². The second kappa shape index (κ2) is 11.6. The number of benzene rings is 2. The summed E-state index contributed by atoms with van der Waals surface area (Å²) in [4.78, 5) is 3.89. The highest BCUT2D eigenvalue weighted by Gasteiger charge is 2.32. The summed E-state index contributed by atoms with van der Waals surface area (Å²) in [5, 5.41) is 12.6. The minimum atomic E-state index is -4.29. The van der Waals surface area contributed by atoms with Gasteiger partial charge in [0.1, 0.15) is 23.5 Å². The van der Waals surface area contributed by atoms with Gasteiger partial charge in [-0.1, -0.05) is 5.16 Å². The summed E-state index contributed by atoms with van der Waals surface area (Å²) in [5.74, 6) is 1.85. The number of sulfonamides is 1. The van der Waals surface area contributed by atoms with Gasteiger partial charge in [-0.2, -0.15) is 5.10 Å². The van der Waals surface area contributed by atoms with Crippen LogP contribution in [0.5, 0.6) is 17.2 Å². The van der Waals surface area contributed by atoms with Crippen LogP contribution in [0.4, 0.5) is 17.3 Å². The number of ether oxygens (including phenoxy) is 4. The van der Waals surface area contributed by atoms with Crippen LogP contribution in [0.2, 0.25) is 0 Å². The van der Waals surface area contributed by atoms with Crippen LogP contribution in [0.25, 0.3) is 22.4 Å². The Hall–Kier alpha value is -4.76. The van der Waals surface area contributed by atoms with Crippen LogP contribution in [0, 0.1) is 0 Å². The summed E-state index contributed by atoms with van der Waals surface area (Å²) in [6.45, 7) is 0.729. The van der Waals surface area contributed by atoms with Crippen molar-refractivity contribution in [3.05, 3.63) is 48.5 Å². The molecule has 1 unspecified atom stereocenters. The summed E-state index contributed by atoms with van der Waals surface area (Å²) < 4.78 is 65.5. The quantitative estimate of drug-likeness (QED) is 0.179. The molecule has 1 saturated heterocycles. The van der Waals surface area contributed by atoms with Crippen molar-refractivity contribution < 1.29 is 36.3 Å². The molecule has 0 bridgehead atoms. The summed E-state index contributed by atoms with van der Waals surface area (Å²) >= 11 is 0. The molecule has 2 N–H and O–H groups in total. The Kier molecular flexibility index (Phi) is 7.49. The zero-order valence-corrected chi connectivity index (χ0v) is 25.7. The molecule has 0 spiro atoms. The van der Waals surface area contributed by atoms with E-state index < -0.39 is 10.0 Å². The van der Waals surface area contributed by atoms with Gasteiger partial charge in [-0.3, -0.25) is 4.72 Å². The van der Waals surface area contributed by atoms with Crippen molar-refractivity contribution in [1.29, 1.82) is 0 Å². The number of hydrogen-bond donors (Lipinski definition) is 2. The molecule has 0 amide bonds. The molecule has 45 heavy (non-hydrogen) atoms. The maximum Gasteiger partial charge on any atom is 0.270 e. The van der Waals surface area contributed by atoms with Gasteiger partial charge in [0.15, 0.2) is 28.3 Å². The third kappa shape index (κ3) is 5.53. The van der Waals surface area contributed by atoms with Crippen LogP contribution in [0.1, 0.15) is 49.9 Å². The van der Waals surface area contributed by atoms with Gasteiger partial charge >= 0.3 is 0 Å². The van der Waals surface area contributed by atoms with Gasteiger partial charge in [-0.25, -0.2) is 18.1 Å². The number of aromatic nitrogens is 4. The average molecular weight is 637 g/mol. The molecule has 2 aromatic carbocycles. The molecule has 2 aliphatic rings. The van der Waals surface area contributed by atoms with E-state index in [0.29, 0.717) is 39.7 Å². The van der Waals surface area contributed by atoms with Crippen LogP contribution in [-0.4, -0.2) is 56.3 Å². The highest BCUT2D eigenvalue weighted by Crippen LogP contribution is 2.44. The van der Waals surface area contributed by atoms with Gasteiger partial charge in [0.05, 0.1) is 38.6 Å². The molecular weight excluding hydrogens is 604 g/mol. The van der Waals surface area contributed by atoms with Crippen LogP contribution >= 0.6 is 0 Å². The van der Waals surface area contributed by atoms with Gasteiger partial charge < -0.3 is 33.2 Å². The van der Waals surface area contributed by atoms with Gasteiger partial charge in [0.25, 0.3) is 10.0 Å². The molecule has 1 saturated carbocycles. The van der Waals surface area contributed by atoms with E-state index in [0.717, 1.165) is 44.4 Å². The molecule has 3 aromatic heterocycles. The van der Waals surface area contributed by atoms with E-state index in [9.17, 15) is 8.42 Å². The van der Waals surface area contributed by atoms with E-state index in [1.54, 1.807) is 12.1 Å². The first-order valence-electron chi connectivity index (χ1n) is 14.5. The second-order valence-electron chi connectivity index (χ2n) is 10.9. The van der Waals surface area contributed by atoms with Crippen LogP contribution in [0.15, 0.2) is 56.6 Å². The molecule has 1 aliphatic carbocycles. The van der Waals surface area contributed by atoms with E-state index in [4.69, 9.17) is 33.0 Å². The minimum absolute atomic E-state index is 0.0237. The summed E-state index contributed by atoms with van der Waals surface area (Å²) in [7, 11) is -0.0509. The molecule has 4 heterocycles. The Labute approximate surface area is 258 Å². The first-order valence-corrected chi connectivity index (χ1v) is 16.0. The Morgan fingerprint density at radius 2 is 1.73 bits per heavy atom. The van der Waals surface area contributed by atoms with Gasteiger partial charge in [-0.15, -0.1) is 0 Å². The Balaban J connectivity index is 1.19. The molecule has 2 fully saturated rings. The van der Waals surface area contributed by atoms with Crippen molar-refractivity contribution in [2.75, 3.05) is 38.0 Å². The molecule has 5 aromatic rings. The average Bonchev–Trinajstić information content (AvgIpc) is 3.41. The monoisotopic (exact) mass is 636 g/mol. The second-order valence-corrected chi connectivity index (χ2v) is 12.5. The number of fused-ring (bicyclic) bond motifs is 1. The molecule has 14 nitrogen and oxygen atoms in total.